The third-order valence-corrected chi connectivity index (χ3v) is 3.80. The first kappa shape index (κ1) is 18.5. The summed E-state index contributed by atoms with van der Waals surface area (Å²) < 4.78 is 10.5. The number of anilines is 1. The van der Waals surface area contributed by atoms with Crippen molar-refractivity contribution >= 4 is 17.6 Å². The number of nitrogens with one attached hydrogen (secondary N) is 1. The minimum atomic E-state index is -0.906. The Morgan fingerprint density at radius 1 is 1.04 bits per heavy atom. The van der Waals surface area contributed by atoms with Gasteiger partial charge in [0.15, 0.2) is 12.7 Å². The van der Waals surface area contributed by atoms with Gasteiger partial charge in [-0.05, 0) is 68.7 Å². The molecule has 0 saturated heterocycles. The standard InChI is InChI=1S/C20H23NO4/c1-13-6-5-7-17(10-13)21-20(23)16(4)25-19(22)12-24-18-9-8-14(2)15(3)11-18/h5-11,16H,12H2,1-4H3,(H,21,23)/t16-/m0/s1. The summed E-state index contributed by atoms with van der Waals surface area (Å²) in [4.78, 5) is 23.9. The summed E-state index contributed by atoms with van der Waals surface area (Å²) in [6.07, 6.45) is -0.906. The van der Waals surface area contributed by atoms with Crippen LogP contribution in [0.15, 0.2) is 42.5 Å². The molecule has 5 heteroatoms. The predicted octanol–water partition coefficient (Wildman–Crippen LogP) is 3.56. The van der Waals surface area contributed by atoms with E-state index in [9.17, 15) is 9.59 Å². The topological polar surface area (TPSA) is 64.6 Å². The maximum Gasteiger partial charge on any atom is 0.344 e. The van der Waals surface area contributed by atoms with Crippen LogP contribution in [0.1, 0.15) is 23.6 Å². The number of carbonyl (C=O) groups excluding carboxylic acids is 2. The van der Waals surface area contributed by atoms with Crippen LogP contribution in [0, 0.1) is 20.8 Å². The molecule has 0 spiro atoms. The van der Waals surface area contributed by atoms with Crippen LogP contribution >= 0.6 is 0 Å². The van der Waals surface area contributed by atoms with E-state index in [1.54, 1.807) is 12.1 Å². The maximum absolute atomic E-state index is 12.1. The molecule has 0 heterocycles. The van der Waals surface area contributed by atoms with Gasteiger partial charge in [-0.3, -0.25) is 4.79 Å². The van der Waals surface area contributed by atoms with Crippen LogP contribution in [0.4, 0.5) is 5.69 Å². The van der Waals surface area contributed by atoms with E-state index in [-0.39, 0.29) is 12.5 Å². The Hall–Kier alpha value is -2.82. The van der Waals surface area contributed by atoms with E-state index in [1.165, 1.54) is 6.92 Å². The second-order valence-corrected chi connectivity index (χ2v) is 6.03. The molecule has 2 rings (SSSR count). The Kier molecular flexibility index (Phi) is 6.17. The quantitative estimate of drug-likeness (QED) is 0.816. The smallest absolute Gasteiger partial charge is 0.344 e. The molecule has 2 aromatic carbocycles. The first-order valence-electron chi connectivity index (χ1n) is 8.12. The van der Waals surface area contributed by atoms with Crippen LogP contribution in [0.3, 0.4) is 0 Å². The van der Waals surface area contributed by atoms with Gasteiger partial charge in [-0.2, -0.15) is 0 Å². The van der Waals surface area contributed by atoms with Gasteiger partial charge in [-0.15, -0.1) is 0 Å². The van der Waals surface area contributed by atoms with E-state index < -0.39 is 12.1 Å². The molecule has 1 atom stereocenters. The SMILES string of the molecule is Cc1cccc(NC(=O)[C@H](C)OC(=O)COc2ccc(C)c(C)c2)c1. The number of hydrogen-bond donors (Lipinski definition) is 1. The normalized spacial score (nSPS) is 11.5. The average molecular weight is 341 g/mol. The van der Waals surface area contributed by atoms with Crippen molar-refractivity contribution in [3.05, 3.63) is 59.2 Å². The second kappa shape index (κ2) is 8.33. The van der Waals surface area contributed by atoms with Gasteiger partial charge >= 0.3 is 5.97 Å². The lowest BCUT2D eigenvalue weighted by Crippen LogP contribution is -2.31. The van der Waals surface area contributed by atoms with Crippen LogP contribution in [0.2, 0.25) is 0 Å². The molecule has 0 fully saturated rings. The van der Waals surface area contributed by atoms with Crippen molar-refractivity contribution in [3.63, 3.8) is 0 Å². The minimum Gasteiger partial charge on any atom is -0.482 e. The summed E-state index contributed by atoms with van der Waals surface area (Å²) in [6.45, 7) is 7.19. The molecule has 0 radical (unpaired) electrons. The van der Waals surface area contributed by atoms with Gasteiger partial charge in [0.2, 0.25) is 0 Å². The predicted molar refractivity (Wildman–Crippen MR) is 96.8 cm³/mol. The fourth-order valence-electron chi connectivity index (χ4n) is 2.20. The number of benzene rings is 2. The molecule has 25 heavy (non-hydrogen) atoms. The molecule has 0 aromatic heterocycles. The summed E-state index contributed by atoms with van der Waals surface area (Å²) in [5.74, 6) is -0.382. The van der Waals surface area contributed by atoms with Crippen molar-refractivity contribution in [2.75, 3.05) is 11.9 Å². The van der Waals surface area contributed by atoms with Gasteiger partial charge in [0.05, 0.1) is 0 Å². The van der Waals surface area contributed by atoms with E-state index in [4.69, 9.17) is 9.47 Å². The molecule has 0 aliphatic heterocycles. The van der Waals surface area contributed by atoms with Gasteiger partial charge in [-0.1, -0.05) is 18.2 Å². The Bertz CT molecular complexity index is 770. The first-order chi connectivity index (χ1) is 11.8. The number of hydrogen-bond acceptors (Lipinski definition) is 4. The highest BCUT2D eigenvalue weighted by molar-refractivity contribution is 5.95. The Labute approximate surface area is 148 Å². The maximum atomic E-state index is 12.1. The van der Waals surface area contributed by atoms with E-state index >= 15 is 0 Å². The van der Waals surface area contributed by atoms with Crippen molar-refractivity contribution in [1.82, 2.24) is 0 Å². The molecular formula is C20H23NO4. The molecule has 0 aliphatic rings. The van der Waals surface area contributed by atoms with Gasteiger partial charge < -0.3 is 14.8 Å². The molecular weight excluding hydrogens is 318 g/mol. The van der Waals surface area contributed by atoms with Crippen molar-refractivity contribution in [1.29, 1.82) is 0 Å². The Morgan fingerprint density at radius 2 is 1.80 bits per heavy atom. The number of ether oxygens (including phenoxy) is 2. The lowest BCUT2D eigenvalue weighted by atomic mass is 10.1. The van der Waals surface area contributed by atoms with E-state index in [0.29, 0.717) is 11.4 Å². The number of esters is 1. The molecule has 0 bridgehead atoms. The number of rotatable bonds is 6. The molecule has 2 aromatic rings. The van der Waals surface area contributed by atoms with Gasteiger partial charge in [0.25, 0.3) is 5.91 Å². The van der Waals surface area contributed by atoms with Crippen molar-refractivity contribution < 1.29 is 19.1 Å². The van der Waals surface area contributed by atoms with Crippen molar-refractivity contribution in [2.24, 2.45) is 0 Å². The second-order valence-electron chi connectivity index (χ2n) is 6.03. The van der Waals surface area contributed by atoms with Crippen molar-refractivity contribution in [2.45, 2.75) is 33.8 Å². The lowest BCUT2D eigenvalue weighted by Gasteiger charge is -2.14. The monoisotopic (exact) mass is 341 g/mol. The summed E-state index contributed by atoms with van der Waals surface area (Å²) in [5, 5.41) is 2.72. The van der Waals surface area contributed by atoms with E-state index in [0.717, 1.165) is 16.7 Å². The number of carbonyl (C=O) groups is 2. The zero-order valence-electron chi connectivity index (χ0n) is 15.0. The zero-order chi connectivity index (χ0) is 18.4. The van der Waals surface area contributed by atoms with Crippen LogP contribution in [0.5, 0.6) is 5.75 Å². The third kappa shape index (κ3) is 5.64. The molecule has 132 valence electrons. The molecule has 1 N–H and O–H groups in total. The van der Waals surface area contributed by atoms with Crippen LogP contribution in [0.25, 0.3) is 0 Å². The highest BCUT2D eigenvalue weighted by Crippen LogP contribution is 2.16. The fraction of sp³-hybridized carbons (Fsp3) is 0.300. The van der Waals surface area contributed by atoms with Crippen molar-refractivity contribution in [3.8, 4) is 5.75 Å². The van der Waals surface area contributed by atoms with Crippen LogP contribution < -0.4 is 10.1 Å². The van der Waals surface area contributed by atoms with Crippen LogP contribution in [-0.2, 0) is 14.3 Å². The summed E-state index contributed by atoms with van der Waals surface area (Å²) >= 11 is 0. The molecule has 5 nitrogen and oxygen atoms in total. The van der Waals surface area contributed by atoms with Gasteiger partial charge in [0, 0.05) is 5.69 Å². The van der Waals surface area contributed by atoms with Crippen LogP contribution in [-0.4, -0.2) is 24.6 Å². The summed E-state index contributed by atoms with van der Waals surface area (Å²) in [5.41, 5.74) is 3.93. The summed E-state index contributed by atoms with van der Waals surface area (Å²) in [6, 6.07) is 13.0. The van der Waals surface area contributed by atoms with Gasteiger partial charge in [-0.25, -0.2) is 4.79 Å². The Balaban J connectivity index is 1.82. The zero-order valence-corrected chi connectivity index (χ0v) is 15.0. The average Bonchev–Trinajstić information content (AvgIpc) is 2.56. The third-order valence-electron chi connectivity index (χ3n) is 3.80. The number of amides is 1. The summed E-state index contributed by atoms with van der Waals surface area (Å²) in [7, 11) is 0. The number of aryl methyl sites for hydroxylation is 3. The molecule has 0 saturated carbocycles. The fourth-order valence-corrected chi connectivity index (χ4v) is 2.20. The molecule has 0 unspecified atom stereocenters. The van der Waals surface area contributed by atoms with Gasteiger partial charge in [0.1, 0.15) is 5.75 Å². The minimum absolute atomic E-state index is 0.245. The molecule has 1 amide bonds. The highest BCUT2D eigenvalue weighted by atomic mass is 16.6. The molecule has 0 aliphatic carbocycles. The lowest BCUT2D eigenvalue weighted by molar-refractivity contribution is -0.155. The highest BCUT2D eigenvalue weighted by Gasteiger charge is 2.18. The first-order valence-corrected chi connectivity index (χ1v) is 8.12. The van der Waals surface area contributed by atoms with E-state index in [2.05, 4.69) is 5.32 Å². The van der Waals surface area contributed by atoms with E-state index in [1.807, 2.05) is 51.1 Å². The Morgan fingerprint density at radius 3 is 2.48 bits per heavy atom. The largest absolute Gasteiger partial charge is 0.482 e.